The molecule has 1 atom stereocenters. The fourth-order valence-electron chi connectivity index (χ4n) is 3.71. The van der Waals surface area contributed by atoms with Gasteiger partial charge in [-0.3, -0.25) is 9.78 Å². The lowest BCUT2D eigenvalue weighted by Crippen LogP contribution is -2.20. The summed E-state index contributed by atoms with van der Waals surface area (Å²) in [6.45, 7) is 1.93. The number of carbonyl (C=O) groups excluding carboxylic acids is 2. The normalized spacial score (nSPS) is 16.0. The SMILES string of the molecule is CCOC(=O)C1=NO[C@@H](Cc2c(/C=N\NC(=O)c3ccncc3)c3c(c(OC)c2OC)OCO3)C1. The zero-order valence-electron chi connectivity index (χ0n) is 19.4. The molecule has 0 unspecified atom stereocenters. The molecular weight excluding hydrogens is 460 g/mol. The first kappa shape index (κ1) is 23.8. The molecular formula is C23H24N4O8. The number of rotatable bonds is 9. The summed E-state index contributed by atoms with van der Waals surface area (Å²) in [6.07, 6.45) is 4.49. The number of methoxy groups -OCH3 is 2. The molecule has 0 saturated heterocycles. The molecule has 0 radical (unpaired) electrons. The molecule has 0 fully saturated rings. The zero-order valence-corrected chi connectivity index (χ0v) is 19.4. The van der Waals surface area contributed by atoms with Crippen molar-refractivity contribution in [3.8, 4) is 23.0 Å². The van der Waals surface area contributed by atoms with Crippen LogP contribution in [0, 0.1) is 0 Å². The van der Waals surface area contributed by atoms with Crippen molar-refractivity contribution in [2.45, 2.75) is 25.9 Å². The van der Waals surface area contributed by atoms with Gasteiger partial charge in [-0.2, -0.15) is 5.10 Å². The number of oxime groups is 1. The molecule has 1 aromatic heterocycles. The van der Waals surface area contributed by atoms with E-state index < -0.39 is 18.0 Å². The van der Waals surface area contributed by atoms with Gasteiger partial charge in [-0.15, -0.1) is 0 Å². The van der Waals surface area contributed by atoms with Crippen LogP contribution in [-0.2, 0) is 20.8 Å². The molecule has 12 heteroatoms. The van der Waals surface area contributed by atoms with E-state index in [-0.39, 0.29) is 32.0 Å². The molecule has 3 heterocycles. The van der Waals surface area contributed by atoms with E-state index in [0.717, 1.165) is 0 Å². The summed E-state index contributed by atoms with van der Waals surface area (Å²) >= 11 is 0. The van der Waals surface area contributed by atoms with Crippen molar-refractivity contribution in [2.24, 2.45) is 10.3 Å². The van der Waals surface area contributed by atoms with Gasteiger partial charge in [0.2, 0.25) is 18.3 Å². The number of pyridine rings is 1. The first-order valence-corrected chi connectivity index (χ1v) is 10.8. The van der Waals surface area contributed by atoms with Crippen molar-refractivity contribution in [1.29, 1.82) is 0 Å². The number of amides is 1. The van der Waals surface area contributed by atoms with Gasteiger partial charge in [0.1, 0.15) is 6.10 Å². The van der Waals surface area contributed by atoms with Crippen molar-refractivity contribution < 1.29 is 38.1 Å². The predicted molar refractivity (Wildman–Crippen MR) is 122 cm³/mol. The highest BCUT2D eigenvalue weighted by Gasteiger charge is 2.34. The van der Waals surface area contributed by atoms with Crippen LogP contribution < -0.4 is 24.4 Å². The molecule has 35 heavy (non-hydrogen) atoms. The molecule has 2 aliphatic rings. The number of hydrogen-bond donors (Lipinski definition) is 1. The smallest absolute Gasteiger partial charge is 0.356 e. The van der Waals surface area contributed by atoms with Crippen molar-refractivity contribution in [2.75, 3.05) is 27.6 Å². The van der Waals surface area contributed by atoms with E-state index in [1.165, 1.54) is 32.8 Å². The first-order valence-electron chi connectivity index (χ1n) is 10.8. The number of nitrogens with zero attached hydrogens (tertiary/aromatic N) is 3. The number of hydrazone groups is 1. The molecule has 2 aliphatic heterocycles. The van der Waals surface area contributed by atoms with Crippen LogP contribution in [0.25, 0.3) is 0 Å². The van der Waals surface area contributed by atoms with Crippen molar-refractivity contribution in [1.82, 2.24) is 10.4 Å². The minimum absolute atomic E-state index is 0.0292. The highest BCUT2D eigenvalue weighted by Crippen LogP contribution is 2.52. The van der Waals surface area contributed by atoms with Gasteiger partial charge in [0.15, 0.2) is 17.2 Å². The summed E-state index contributed by atoms with van der Waals surface area (Å²) < 4.78 is 27.5. The van der Waals surface area contributed by atoms with Crippen LogP contribution in [0.3, 0.4) is 0 Å². The zero-order chi connectivity index (χ0) is 24.8. The van der Waals surface area contributed by atoms with Gasteiger partial charge in [0.25, 0.3) is 5.91 Å². The fourth-order valence-corrected chi connectivity index (χ4v) is 3.71. The molecule has 2 aromatic rings. The summed E-state index contributed by atoms with van der Waals surface area (Å²) in [6, 6.07) is 3.14. The van der Waals surface area contributed by atoms with Crippen LogP contribution in [0.4, 0.5) is 0 Å². The Morgan fingerprint density at radius 1 is 1.17 bits per heavy atom. The quantitative estimate of drug-likeness (QED) is 0.321. The lowest BCUT2D eigenvalue weighted by molar-refractivity contribution is -0.135. The Balaban J connectivity index is 1.64. The number of benzene rings is 1. The number of aromatic nitrogens is 1. The van der Waals surface area contributed by atoms with Crippen LogP contribution in [0.1, 0.15) is 34.8 Å². The standard InChI is InChI=1S/C23H24N4O8/c1-4-32-23(29)17-10-14(35-27-17)9-15-16(11-25-26-22(28)13-5-7-24-8-6-13)19-21(34-12-33-19)20(31-3)18(15)30-2/h5-8,11,14H,4,9-10,12H2,1-3H3,(H,26,28)/b25-11-/t14-/m0/s1. The monoisotopic (exact) mass is 484 g/mol. The fraction of sp³-hybridized carbons (Fsp3) is 0.348. The highest BCUT2D eigenvalue weighted by molar-refractivity contribution is 6.36. The molecule has 1 aromatic carbocycles. The number of ether oxygens (including phenoxy) is 5. The Hall–Kier alpha value is -4.35. The van der Waals surface area contributed by atoms with E-state index in [4.69, 9.17) is 28.5 Å². The summed E-state index contributed by atoms with van der Waals surface area (Å²) in [5, 5.41) is 7.98. The Morgan fingerprint density at radius 2 is 1.91 bits per heavy atom. The molecule has 0 spiro atoms. The summed E-state index contributed by atoms with van der Waals surface area (Å²) in [5.41, 5.74) is 4.19. The molecule has 0 saturated carbocycles. The topological polar surface area (TPSA) is 139 Å². The average molecular weight is 484 g/mol. The molecule has 4 rings (SSSR count). The third-order valence-electron chi connectivity index (χ3n) is 5.26. The number of nitrogens with one attached hydrogen (secondary N) is 1. The third-order valence-corrected chi connectivity index (χ3v) is 5.26. The van der Waals surface area contributed by atoms with E-state index in [1.54, 1.807) is 19.1 Å². The maximum Gasteiger partial charge on any atom is 0.356 e. The predicted octanol–water partition coefficient (Wildman–Crippen LogP) is 1.84. The average Bonchev–Trinajstić information content (AvgIpc) is 3.55. The Labute approximate surface area is 200 Å². The second kappa shape index (κ2) is 10.7. The molecule has 0 aliphatic carbocycles. The molecule has 0 bridgehead atoms. The molecule has 1 N–H and O–H groups in total. The number of hydrogen-bond acceptors (Lipinski definition) is 11. The lowest BCUT2D eigenvalue weighted by Gasteiger charge is -2.19. The van der Waals surface area contributed by atoms with Crippen LogP contribution in [0.15, 0.2) is 34.8 Å². The van der Waals surface area contributed by atoms with Gasteiger partial charge in [-0.1, -0.05) is 5.16 Å². The third kappa shape index (κ3) is 4.95. The van der Waals surface area contributed by atoms with Gasteiger partial charge in [0, 0.05) is 41.9 Å². The van der Waals surface area contributed by atoms with E-state index in [1.807, 2.05) is 0 Å². The van der Waals surface area contributed by atoms with Gasteiger partial charge < -0.3 is 28.5 Å². The molecule has 1 amide bonds. The van der Waals surface area contributed by atoms with E-state index in [9.17, 15) is 9.59 Å². The largest absolute Gasteiger partial charge is 0.492 e. The molecule has 12 nitrogen and oxygen atoms in total. The Kier molecular flexibility index (Phi) is 7.29. The van der Waals surface area contributed by atoms with Crippen LogP contribution in [-0.4, -0.2) is 62.5 Å². The van der Waals surface area contributed by atoms with E-state index in [0.29, 0.717) is 39.7 Å². The van der Waals surface area contributed by atoms with Crippen molar-refractivity contribution >= 4 is 23.8 Å². The van der Waals surface area contributed by atoms with Gasteiger partial charge in [-0.25, -0.2) is 10.2 Å². The van der Waals surface area contributed by atoms with Gasteiger partial charge in [0.05, 0.1) is 27.0 Å². The minimum Gasteiger partial charge on any atom is -0.492 e. The number of fused-ring (bicyclic) bond motifs is 1. The van der Waals surface area contributed by atoms with Gasteiger partial charge >= 0.3 is 5.97 Å². The highest BCUT2D eigenvalue weighted by atomic mass is 16.7. The maximum absolute atomic E-state index is 12.4. The Morgan fingerprint density at radius 3 is 2.63 bits per heavy atom. The van der Waals surface area contributed by atoms with Crippen molar-refractivity contribution in [3.05, 3.63) is 41.2 Å². The second-order valence-corrected chi connectivity index (χ2v) is 7.35. The number of esters is 1. The Bertz CT molecular complexity index is 1170. The van der Waals surface area contributed by atoms with Crippen molar-refractivity contribution in [3.63, 3.8) is 0 Å². The number of carbonyl (C=O) groups is 2. The summed E-state index contributed by atoms with van der Waals surface area (Å²) in [7, 11) is 2.98. The lowest BCUT2D eigenvalue weighted by atomic mass is 9.96. The second-order valence-electron chi connectivity index (χ2n) is 7.35. The maximum atomic E-state index is 12.4. The van der Waals surface area contributed by atoms with Crippen LogP contribution >= 0.6 is 0 Å². The summed E-state index contributed by atoms with van der Waals surface area (Å²) in [4.78, 5) is 33.8. The van der Waals surface area contributed by atoms with Crippen LogP contribution in [0.2, 0.25) is 0 Å². The first-order chi connectivity index (χ1) is 17.1. The van der Waals surface area contributed by atoms with Crippen LogP contribution in [0.5, 0.6) is 23.0 Å². The van der Waals surface area contributed by atoms with Gasteiger partial charge in [-0.05, 0) is 19.1 Å². The van der Waals surface area contributed by atoms with E-state index in [2.05, 4.69) is 20.7 Å². The molecule has 184 valence electrons. The van der Waals surface area contributed by atoms with E-state index >= 15 is 0 Å². The minimum atomic E-state index is -0.522. The summed E-state index contributed by atoms with van der Waals surface area (Å²) in [5.74, 6) is 0.524.